The molecule has 0 unspecified atom stereocenters. The Balaban J connectivity index is 2.18. The monoisotopic (exact) mass is 328 g/mol. The number of para-hydroxylation sites is 1. The summed E-state index contributed by atoms with van der Waals surface area (Å²) in [6.07, 6.45) is 0. The van der Waals surface area contributed by atoms with Gasteiger partial charge in [-0.15, -0.1) is 0 Å². The van der Waals surface area contributed by atoms with E-state index in [1.165, 1.54) is 6.07 Å². The molecule has 0 amide bonds. The van der Waals surface area contributed by atoms with Crippen LogP contribution >= 0.6 is 27.5 Å². The molecule has 0 saturated heterocycles. The third kappa shape index (κ3) is 3.03. The highest BCUT2D eigenvalue weighted by Crippen LogP contribution is 2.26. The first kappa shape index (κ1) is 13.4. The van der Waals surface area contributed by atoms with Crippen LogP contribution in [-0.2, 0) is 11.9 Å². The number of alkyl halides is 1. The van der Waals surface area contributed by atoms with Gasteiger partial charge in [-0.25, -0.2) is 4.39 Å². The maximum atomic E-state index is 13.7. The molecular formula is C14H11BrClFO. The van der Waals surface area contributed by atoms with Crippen molar-refractivity contribution in [3.8, 4) is 5.75 Å². The molecule has 0 saturated carbocycles. The molecule has 0 N–H and O–H groups in total. The molecule has 2 rings (SSSR count). The molecule has 0 spiro atoms. The molecule has 0 aromatic heterocycles. The normalized spacial score (nSPS) is 10.4. The van der Waals surface area contributed by atoms with Crippen LogP contribution in [0.2, 0.25) is 5.02 Å². The van der Waals surface area contributed by atoms with E-state index in [1.54, 1.807) is 12.1 Å². The molecule has 1 nitrogen and oxygen atoms in total. The highest BCUT2D eigenvalue weighted by molar-refractivity contribution is 9.08. The van der Waals surface area contributed by atoms with Crippen LogP contribution in [0.4, 0.5) is 4.39 Å². The Kier molecular flexibility index (Phi) is 4.61. The maximum Gasteiger partial charge on any atom is 0.165 e. The molecule has 0 atom stereocenters. The van der Waals surface area contributed by atoms with Crippen LogP contribution in [0, 0.1) is 5.82 Å². The molecule has 2 aromatic rings. The summed E-state index contributed by atoms with van der Waals surface area (Å²) < 4.78 is 19.2. The van der Waals surface area contributed by atoms with Crippen molar-refractivity contribution in [1.82, 2.24) is 0 Å². The van der Waals surface area contributed by atoms with E-state index in [4.69, 9.17) is 16.3 Å². The summed E-state index contributed by atoms with van der Waals surface area (Å²) in [7, 11) is 0. The molecule has 0 aliphatic carbocycles. The highest BCUT2D eigenvalue weighted by Gasteiger charge is 2.09. The summed E-state index contributed by atoms with van der Waals surface area (Å²) in [6, 6.07) is 12.2. The zero-order chi connectivity index (χ0) is 13.0. The molecule has 18 heavy (non-hydrogen) atoms. The predicted molar refractivity (Wildman–Crippen MR) is 74.8 cm³/mol. The molecule has 4 heteroatoms. The van der Waals surface area contributed by atoms with Gasteiger partial charge in [0.15, 0.2) is 11.6 Å². The second-order valence-electron chi connectivity index (χ2n) is 3.74. The molecule has 0 fully saturated rings. The van der Waals surface area contributed by atoms with Gasteiger partial charge in [-0.05, 0) is 12.1 Å². The fourth-order valence-electron chi connectivity index (χ4n) is 1.59. The van der Waals surface area contributed by atoms with Crippen molar-refractivity contribution in [1.29, 1.82) is 0 Å². The van der Waals surface area contributed by atoms with Crippen molar-refractivity contribution >= 4 is 27.5 Å². The zero-order valence-corrected chi connectivity index (χ0v) is 11.8. The molecule has 94 valence electrons. The summed E-state index contributed by atoms with van der Waals surface area (Å²) >= 11 is 9.33. The van der Waals surface area contributed by atoms with E-state index in [-0.39, 0.29) is 18.2 Å². The second-order valence-corrected chi connectivity index (χ2v) is 4.71. The molecule has 0 heterocycles. The zero-order valence-electron chi connectivity index (χ0n) is 9.50. The van der Waals surface area contributed by atoms with Crippen LogP contribution in [-0.4, -0.2) is 0 Å². The minimum absolute atomic E-state index is 0.251. The van der Waals surface area contributed by atoms with E-state index in [1.807, 2.05) is 24.3 Å². The summed E-state index contributed by atoms with van der Waals surface area (Å²) in [5, 5.41) is 1.16. The Hall–Kier alpha value is -1.06. The van der Waals surface area contributed by atoms with Gasteiger partial charge in [0.1, 0.15) is 6.61 Å². The van der Waals surface area contributed by atoms with Crippen LogP contribution < -0.4 is 4.74 Å². The molecule has 2 aromatic carbocycles. The average Bonchev–Trinajstić information content (AvgIpc) is 2.39. The fraction of sp³-hybridized carbons (Fsp3) is 0.143. The third-order valence-electron chi connectivity index (χ3n) is 2.52. The molecular weight excluding hydrogens is 319 g/mol. The Morgan fingerprint density at radius 3 is 2.50 bits per heavy atom. The number of rotatable bonds is 4. The van der Waals surface area contributed by atoms with E-state index in [0.29, 0.717) is 10.4 Å². The topological polar surface area (TPSA) is 9.23 Å². The maximum absolute atomic E-state index is 13.7. The van der Waals surface area contributed by atoms with Crippen molar-refractivity contribution in [3.63, 3.8) is 0 Å². The summed E-state index contributed by atoms with van der Waals surface area (Å²) in [6.45, 7) is 0.251. The van der Waals surface area contributed by atoms with Crippen molar-refractivity contribution < 1.29 is 9.13 Å². The minimum atomic E-state index is -0.362. The van der Waals surface area contributed by atoms with Gasteiger partial charge in [0.05, 0.1) is 0 Å². The smallest absolute Gasteiger partial charge is 0.165 e. The van der Waals surface area contributed by atoms with Gasteiger partial charge in [-0.3, -0.25) is 0 Å². The van der Waals surface area contributed by atoms with E-state index < -0.39 is 0 Å². The van der Waals surface area contributed by atoms with Gasteiger partial charge < -0.3 is 4.74 Å². The Morgan fingerprint density at radius 1 is 1.06 bits per heavy atom. The van der Waals surface area contributed by atoms with Crippen LogP contribution in [0.25, 0.3) is 0 Å². The van der Waals surface area contributed by atoms with Gasteiger partial charge in [0, 0.05) is 21.5 Å². The van der Waals surface area contributed by atoms with E-state index >= 15 is 0 Å². The summed E-state index contributed by atoms with van der Waals surface area (Å²) in [5.74, 6) is -0.0895. The highest BCUT2D eigenvalue weighted by atomic mass is 79.9. The first-order valence-corrected chi connectivity index (χ1v) is 6.92. The predicted octanol–water partition coefficient (Wildman–Crippen LogP) is 4.95. The lowest BCUT2D eigenvalue weighted by Crippen LogP contribution is -2.00. The minimum Gasteiger partial charge on any atom is -0.485 e. The average molecular weight is 330 g/mol. The van der Waals surface area contributed by atoms with Crippen LogP contribution in [0.15, 0.2) is 42.5 Å². The van der Waals surface area contributed by atoms with Crippen LogP contribution in [0.5, 0.6) is 5.75 Å². The first-order chi connectivity index (χ1) is 8.72. The quantitative estimate of drug-likeness (QED) is 0.721. The molecule has 0 aliphatic heterocycles. The lowest BCUT2D eigenvalue weighted by molar-refractivity contribution is 0.288. The fourth-order valence-corrected chi connectivity index (χ4v) is 2.22. The standard InChI is InChI=1S/C14H11BrClFO/c15-8-10-5-3-7-13(17)14(10)18-9-11-4-1-2-6-12(11)16/h1-7H,8-9H2. The van der Waals surface area contributed by atoms with Crippen molar-refractivity contribution in [3.05, 3.63) is 64.4 Å². The molecule has 0 radical (unpaired) electrons. The summed E-state index contributed by atoms with van der Waals surface area (Å²) in [5.41, 5.74) is 1.62. The number of hydrogen-bond donors (Lipinski definition) is 0. The van der Waals surface area contributed by atoms with E-state index in [9.17, 15) is 4.39 Å². The van der Waals surface area contributed by atoms with Crippen LogP contribution in [0.1, 0.15) is 11.1 Å². The number of hydrogen-bond acceptors (Lipinski definition) is 1. The van der Waals surface area contributed by atoms with Gasteiger partial charge in [-0.1, -0.05) is 57.9 Å². The second kappa shape index (κ2) is 6.21. The number of ether oxygens (including phenoxy) is 1. The Morgan fingerprint density at radius 2 is 1.78 bits per heavy atom. The van der Waals surface area contributed by atoms with Gasteiger partial charge in [-0.2, -0.15) is 0 Å². The number of halogens is 3. The molecule has 0 bridgehead atoms. The third-order valence-corrected chi connectivity index (χ3v) is 3.50. The van der Waals surface area contributed by atoms with Crippen LogP contribution in [0.3, 0.4) is 0 Å². The lowest BCUT2D eigenvalue weighted by atomic mass is 10.2. The lowest BCUT2D eigenvalue weighted by Gasteiger charge is -2.11. The van der Waals surface area contributed by atoms with Crippen molar-refractivity contribution in [2.45, 2.75) is 11.9 Å². The van der Waals surface area contributed by atoms with Gasteiger partial charge >= 0.3 is 0 Å². The molecule has 0 aliphatic rings. The summed E-state index contributed by atoms with van der Waals surface area (Å²) in [4.78, 5) is 0. The number of benzene rings is 2. The SMILES string of the molecule is Fc1cccc(CBr)c1OCc1ccccc1Cl. The van der Waals surface area contributed by atoms with Gasteiger partial charge in [0.25, 0.3) is 0 Å². The Labute approximate surface area is 119 Å². The van der Waals surface area contributed by atoms with Gasteiger partial charge in [0.2, 0.25) is 0 Å². The Bertz CT molecular complexity index is 545. The van der Waals surface area contributed by atoms with E-state index in [0.717, 1.165) is 11.1 Å². The van der Waals surface area contributed by atoms with E-state index in [2.05, 4.69) is 15.9 Å². The first-order valence-electron chi connectivity index (χ1n) is 5.42. The van der Waals surface area contributed by atoms with Crippen molar-refractivity contribution in [2.75, 3.05) is 0 Å². The largest absolute Gasteiger partial charge is 0.485 e. The van der Waals surface area contributed by atoms with Crippen molar-refractivity contribution in [2.24, 2.45) is 0 Å².